The van der Waals surface area contributed by atoms with Crippen LogP contribution in [0.5, 0.6) is 0 Å². The fraction of sp³-hybridized carbons (Fsp3) is 0.444. The number of rotatable bonds is 5. The monoisotopic (exact) mass is 634 g/mol. The molecular weight excluding hydrogens is 607 g/mol. The largest absolute Gasteiger partial charge is 0.542 e. The Morgan fingerprint density at radius 3 is 2.52 bits per heavy atom. The standard InChI is InChI=1S/C25H27Cl2FN4O3.C2HF3O2/c26-20-12-22-24(33)29-13-18(32(22)23(20)27)10-16-3-4-21(28)19(11-16)25(34)31-5-1-2-17(15-31)14-30-6-8-35-9-7-30;3-2(4,5)1(6)7/h3-4,11-13,17H,1-2,5-10,14-15H2,(H,29,33);(H,6,7). The topological polar surface area (TPSA) is 111 Å². The van der Waals surface area contributed by atoms with E-state index in [-0.39, 0.29) is 27.2 Å². The highest BCUT2D eigenvalue weighted by atomic mass is 35.5. The zero-order chi connectivity index (χ0) is 30.6. The molecule has 0 radical (unpaired) electrons. The second kappa shape index (κ2) is 13.4. The third-order valence-electron chi connectivity index (χ3n) is 7.25. The van der Waals surface area contributed by atoms with Crippen molar-refractivity contribution in [3.05, 3.63) is 73.6 Å². The van der Waals surface area contributed by atoms with E-state index in [4.69, 9.17) is 37.8 Å². The lowest BCUT2D eigenvalue weighted by atomic mass is 9.96. The quantitative estimate of drug-likeness (QED) is 0.416. The van der Waals surface area contributed by atoms with Crippen molar-refractivity contribution in [2.24, 2.45) is 5.92 Å². The number of carboxylic acid groups (broad SMARTS) is 1. The fourth-order valence-electron chi connectivity index (χ4n) is 5.24. The second-order valence-corrected chi connectivity index (χ2v) is 11.0. The van der Waals surface area contributed by atoms with Crippen LogP contribution in [0.1, 0.15) is 34.5 Å². The minimum atomic E-state index is -5.19. The van der Waals surface area contributed by atoms with Crippen LogP contribution in [0, 0.1) is 11.7 Å². The van der Waals surface area contributed by atoms with Crippen molar-refractivity contribution in [2.75, 3.05) is 45.9 Å². The van der Waals surface area contributed by atoms with Crippen LogP contribution in [0.2, 0.25) is 10.2 Å². The summed E-state index contributed by atoms with van der Waals surface area (Å²) in [5, 5.41) is 9.30. The molecule has 15 heteroatoms. The molecular formula is C27H28Cl2F4N4O5. The van der Waals surface area contributed by atoms with Gasteiger partial charge in [-0.15, -0.1) is 0 Å². The molecule has 42 heavy (non-hydrogen) atoms. The van der Waals surface area contributed by atoms with E-state index in [1.165, 1.54) is 17.0 Å². The third-order valence-corrected chi connectivity index (χ3v) is 8.01. The number of amides is 1. The molecule has 2 fully saturated rings. The number of piperidine rings is 1. The number of aromatic nitrogens is 2. The number of likely N-dealkylation sites (tertiary alicyclic amines) is 1. The zero-order valence-corrected chi connectivity index (χ0v) is 23.8. The maximum absolute atomic E-state index is 14.8. The van der Waals surface area contributed by atoms with Crippen LogP contribution in [0.3, 0.4) is 0 Å². The van der Waals surface area contributed by atoms with Gasteiger partial charge in [-0.2, -0.15) is 13.2 Å². The third kappa shape index (κ3) is 7.63. The lowest BCUT2D eigenvalue weighted by Crippen LogP contribution is -3.14. The number of benzene rings is 1. The summed E-state index contributed by atoms with van der Waals surface area (Å²) in [4.78, 5) is 40.3. The van der Waals surface area contributed by atoms with Crippen LogP contribution in [0.4, 0.5) is 17.6 Å². The van der Waals surface area contributed by atoms with Gasteiger partial charge in [0.05, 0.1) is 30.3 Å². The number of nitrogens with one attached hydrogen (secondary N) is 2. The number of aliphatic carboxylic acids is 1. The second-order valence-electron chi connectivity index (χ2n) is 10.2. The summed E-state index contributed by atoms with van der Waals surface area (Å²) >= 11 is 12.5. The molecule has 0 aliphatic carbocycles. The first-order valence-corrected chi connectivity index (χ1v) is 13.9. The summed E-state index contributed by atoms with van der Waals surface area (Å²) < 4.78 is 53.4. The number of aromatic amines is 1. The van der Waals surface area contributed by atoms with Gasteiger partial charge >= 0.3 is 6.18 Å². The summed E-state index contributed by atoms with van der Waals surface area (Å²) in [5.74, 6) is -3.41. The van der Waals surface area contributed by atoms with Gasteiger partial charge in [-0.1, -0.05) is 29.3 Å². The number of carbonyl (C=O) groups excluding carboxylic acids is 2. The van der Waals surface area contributed by atoms with Crippen molar-refractivity contribution >= 4 is 40.6 Å². The van der Waals surface area contributed by atoms with Gasteiger partial charge in [-0.05, 0) is 36.6 Å². The Morgan fingerprint density at radius 1 is 1.17 bits per heavy atom. The van der Waals surface area contributed by atoms with Crippen LogP contribution in [-0.4, -0.2) is 78.3 Å². The molecule has 2 aliphatic rings. The molecule has 0 bridgehead atoms. The van der Waals surface area contributed by atoms with Gasteiger partial charge in [0.2, 0.25) is 0 Å². The van der Waals surface area contributed by atoms with Crippen LogP contribution in [-0.2, 0) is 16.0 Å². The minimum Gasteiger partial charge on any atom is -0.542 e. The smallest absolute Gasteiger partial charge is 0.430 e. The number of carboxylic acids is 1. The highest BCUT2D eigenvalue weighted by Crippen LogP contribution is 2.27. The summed E-state index contributed by atoms with van der Waals surface area (Å²) in [7, 11) is 0. The molecule has 3 aromatic rings. The maximum atomic E-state index is 14.8. The fourth-order valence-corrected chi connectivity index (χ4v) is 5.68. The van der Waals surface area contributed by atoms with Gasteiger partial charge < -0.3 is 29.4 Å². The number of morpholine rings is 1. The van der Waals surface area contributed by atoms with Crippen LogP contribution in [0.15, 0.2) is 35.3 Å². The van der Waals surface area contributed by atoms with E-state index in [2.05, 4.69) is 4.98 Å². The number of H-pyrrole nitrogens is 1. The molecule has 5 rings (SSSR count). The molecule has 1 atom stereocenters. The molecule has 1 amide bonds. The van der Waals surface area contributed by atoms with Gasteiger partial charge in [0.1, 0.15) is 35.5 Å². The van der Waals surface area contributed by atoms with Crippen LogP contribution < -0.4 is 15.6 Å². The first-order chi connectivity index (χ1) is 19.8. The Kier molecular flexibility index (Phi) is 10.2. The van der Waals surface area contributed by atoms with Gasteiger partial charge in [0.25, 0.3) is 11.5 Å². The van der Waals surface area contributed by atoms with Gasteiger partial charge in [0, 0.05) is 37.3 Å². The highest BCUT2D eigenvalue weighted by Gasteiger charge is 2.30. The molecule has 2 N–H and O–H groups in total. The number of quaternary nitrogens is 1. The number of alkyl halides is 3. The number of fused-ring (bicyclic) bond motifs is 1. The summed E-state index contributed by atoms with van der Waals surface area (Å²) in [5.41, 5.74) is 1.50. The lowest BCUT2D eigenvalue weighted by Gasteiger charge is -2.35. The molecule has 2 saturated heterocycles. The van der Waals surface area contributed by atoms with E-state index in [9.17, 15) is 27.2 Å². The average Bonchev–Trinajstić information content (AvgIpc) is 3.26. The molecule has 1 aromatic carbocycles. The maximum Gasteiger partial charge on any atom is 0.430 e. The summed E-state index contributed by atoms with van der Waals surface area (Å²) in [6.45, 7) is 5.85. The van der Waals surface area contributed by atoms with Crippen molar-refractivity contribution in [3.8, 4) is 0 Å². The number of carbonyl (C=O) groups is 2. The Bertz CT molecular complexity index is 1500. The van der Waals surface area contributed by atoms with E-state index >= 15 is 0 Å². The predicted octanol–water partition coefficient (Wildman–Crippen LogP) is 1.73. The number of hydrogen-bond acceptors (Lipinski definition) is 5. The SMILES string of the molecule is O=C([O-])C(F)(F)F.O=C(c1cc(Cc2c[nH]c(=O)c3cc(Cl)c(Cl)n23)ccc1F)N1CCCC(C[NH+]2CCOCC2)C1. The normalized spacial score (nSPS) is 18.0. The molecule has 0 saturated carbocycles. The average molecular weight is 635 g/mol. The van der Waals surface area contributed by atoms with E-state index < -0.39 is 18.0 Å². The van der Waals surface area contributed by atoms with Crippen LogP contribution in [0.25, 0.3) is 5.52 Å². The molecule has 9 nitrogen and oxygen atoms in total. The number of halogens is 6. The molecule has 1 unspecified atom stereocenters. The van der Waals surface area contributed by atoms with Gasteiger partial charge in [-0.25, -0.2) is 4.39 Å². The van der Waals surface area contributed by atoms with Crippen molar-refractivity contribution < 1.29 is 41.9 Å². The minimum absolute atomic E-state index is 0.0687. The highest BCUT2D eigenvalue weighted by molar-refractivity contribution is 6.42. The Morgan fingerprint density at radius 2 is 1.86 bits per heavy atom. The molecule has 0 spiro atoms. The van der Waals surface area contributed by atoms with Gasteiger partial charge in [0.15, 0.2) is 0 Å². The molecule has 2 aliphatic heterocycles. The Hall–Kier alpha value is -3.13. The van der Waals surface area contributed by atoms with E-state index in [1.807, 2.05) is 0 Å². The molecule has 4 heterocycles. The first kappa shape index (κ1) is 31.8. The zero-order valence-electron chi connectivity index (χ0n) is 22.2. The van der Waals surface area contributed by atoms with Crippen molar-refractivity contribution in [1.29, 1.82) is 0 Å². The number of hydrogen-bond donors (Lipinski definition) is 2. The Labute approximate surface area is 247 Å². The van der Waals surface area contributed by atoms with Gasteiger partial charge in [-0.3, -0.25) is 14.0 Å². The summed E-state index contributed by atoms with van der Waals surface area (Å²) in [6.07, 6.45) is -1.30. The van der Waals surface area contributed by atoms with Crippen molar-refractivity contribution in [1.82, 2.24) is 14.3 Å². The summed E-state index contributed by atoms with van der Waals surface area (Å²) in [6, 6.07) is 6.08. The van der Waals surface area contributed by atoms with Crippen molar-refractivity contribution in [2.45, 2.75) is 25.4 Å². The van der Waals surface area contributed by atoms with Crippen LogP contribution >= 0.6 is 23.2 Å². The molecule has 228 valence electrons. The van der Waals surface area contributed by atoms with E-state index in [1.54, 1.807) is 27.6 Å². The Balaban J connectivity index is 0.000000517. The van der Waals surface area contributed by atoms with E-state index in [0.29, 0.717) is 36.6 Å². The molecule has 2 aromatic heterocycles. The van der Waals surface area contributed by atoms with E-state index in [0.717, 1.165) is 51.3 Å². The predicted molar refractivity (Wildman–Crippen MR) is 143 cm³/mol. The first-order valence-electron chi connectivity index (χ1n) is 13.2. The number of nitrogens with zero attached hydrogens (tertiary/aromatic N) is 2. The number of ether oxygens (including phenoxy) is 1. The van der Waals surface area contributed by atoms with Crippen molar-refractivity contribution in [3.63, 3.8) is 0 Å². The lowest BCUT2D eigenvalue weighted by molar-refractivity contribution is -0.911.